The maximum absolute atomic E-state index is 13.7. The van der Waals surface area contributed by atoms with Crippen molar-refractivity contribution < 1.29 is 17.6 Å². The molecule has 1 aromatic heterocycles. The number of carbonyl (C=O) groups is 1. The van der Waals surface area contributed by atoms with Crippen LogP contribution in [0.5, 0.6) is 0 Å². The van der Waals surface area contributed by atoms with E-state index >= 15 is 0 Å². The van der Waals surface area contributed by atoms with E-state index in [0.717, 1.165) is 0 Å². The first-order valence-corrected chi connectivity index (χ1v) is 8.80. The number of thiazole rings is 1. The molecule has 0 aliphatic heterocycles. The van der Waals surface area contributed by atoms with E-state index in [2.05, 4.69) is 10.3 Å². The topological polar surface area (TPSA) is 76.1 Å². The zero-order valence-electron chi connectivity index (χ0n) is 11.0. The lowest BCUT2D eigenvalue weighted by Crippen LogP contribution is -2.13. The van der Waals surface area contributed by atoms with Gasteiger partial charge in [-0.05, 0) is 31.5 Å². The molecule has 21 heavy (non-hydrogen) atoms. The highest BCUT2D eigenvalue weighted by Crippen LogP contribution is 2.30. The van der Waals surface area contributed by atoms with Crippen molar-refractivity contribution in [3.05, 3.63) is 40.8 Å². The third-order valence-corrected chi connectivity index (χ3v) is 5.82. The summed E-state index contributed by atoms with van der Waals surface area (Å²) in [6.45, 7) is 3.15. The van der Waals surface area contributed by atoms with Crippen LogP contribution in [-0.2, 0) is 9.05 Å². The van der Waals surface area contributed by atoms with Crippen molar-refractivity contribution in [3.63, 3.8) is 0 Å². The fourth-order valence-electron chi connectivity index (χ4n) is 1.63. The molecule has 0 bridgehead atoms. The van der Waals surface area contributed by atoms with Crippen LogP contribution in [0.4, 0.5) is 9.52 Å². The van der Waals surface area contributed by atoms with Crippen LogP contribution in [-0.4, -0.2) is 19.3 Å². The minimum absolute atomic E-state index is 0.0386. The van der Waals surface area contributed by atoms with Crippen LogP contribution in [0.2, 0.25) is 0 Å². The SMILES string of the molecule is Cc1ccc(C(=O)Nc2nc(C)c(S(=O)(=O)Cl)s2)c(F)c1. The highest BCUT2D eigenvalue weighted by molar-refractivity contribution is 8.15. The second-order valence-electron chi connectivity index (χ2n) is 4.27. The van der Waals surface area contributed by atoms with Crippen molar-refractivity contribution in [1.29, 1.82) is 0 Å². The number of nitrogens with one attached hydrogen (secondary N) is 1. The predicted octanol–water partition coefficient (Wildman–Crippen LogP) is 3.08. The normalized spacial score (nSPS) is 11.4. The fourth-order valence-corrected chi connectivity index (χ4v) is 3.98. The highest BCUT2D eigenvalue weighted by atomic mass is 35.7. The molecule has 0 radical (unpaired) electrons. The summed E-state index contributed by atoms with van der Waals surface area (Å²) in [5.41, 5.74) is 0.711. The quantitative estimate of drug-likeness (QED) is 0.865. The van der Waals surface area contributed by atoms with Crippen molar-refractivity contribution in [1.82, 2.24) is 4.98 Å². The molecule has 0 atom stereocenters. The van der Waals surface area contributed by atoms with Crippen molar-refractivity contribution in [3.8, 4) is 0 Å². The third-order valence-electron chi connectivity index (χ3n) is 2.57. The summed E-state index contributed by atoms with van der Waals surface area (Å²) < 4.78 is 36.1. The Morgan fingerprint density at radius 3 is 2.57 bits per heavy atom. The van der Waals surface area contributed by atoms with E-state index in [4.69, 9.17) is 10.7 Å². The molecular weight excluding hydrogens is 339 g/mol. The molecule has 1 N–H and O–H groups in total. The summed E-state index contributed by atoms with van der Waals surface area (Å²) in [6.07, 6.45) is 0. The van der Waals surface area contributed by atoms with E-state index in [1.165, 1.54) is 19.1 Å². The van der Waals surface area contributed by atoms with E-state index in [9.17, 15) is 17.6 Å². The molecule has 112 valence electrons. The minimum Gasteiger partial charge on any atom is -0.298 e. The predicted molar refractivity (Wildman–Crippen MR) is 79.0 cm³/mol. The molecule has 0 fully saturated rings. The van der Waals surface area contributed by atoms with E-state index in [1.807, 2.05) is 0 Å². The number of hydrogen-bond donors (Lipinski definition) is 1. The Kier molecular flexibility index (Phi) is 4.31. The Morgan fingerprint density at radius 1 is 1.38 bits per heavy atom. The van der Waals surface area contributed by atoms with E-state index in [1.54, 1.807) is 13.0 Å². The number of aryl methyl sites for hydroxylation is 2. The van der Waals surface area contributed by atoms with Gasteiger partial charge in [-0.3, -0.25) is 10.1 Å². The summed E-state index contributed by atoms with van der Waals surface area (Å²) in [7, 11) is 1.32. The molecule has 1 amide bonds. The third kappa shape index (κ3) is 3.58. The molecule has 5 nitrogen and oxygen atoms in total. The van der Waals surface area contributed by atoms with Crippen LogP contribution >= 0.6 is 22.0 Å². The number of halogens is 2. The lowest BCUT2D eigenvalue weighted by molar-refractivity contribution is 0.102. The maximum Gasteiger partial charge on any atom is 0.272 e. The Bertz CT molecular complexity index is 818. The van der Waals surface area contributed by atoms with Gasteiger partial charge in [0, 0.05) is 10.7 Å². The molecule has 1 heterocycles. The molecule has 1 aromatic carbocycles. The molecule has 0 saturated carbocycles. The standard InChI is InChI=1S/C12H10ClFN2O3S2/c1-6-3-4-8(9(14)5-6)10(17)16-12-15-7(2)11(20-12)21(13,18)19/h3-5H,1-2H3,(H,15,16,17). The van der Waals surface area contributed by atoms with Gasteiger partial charge in [-0.1, -0.05) is 17.4 Å². The number of carbonyl (C=O) groups excluding carboxylic acids is 1. The van der Waals surface area contributed by atoms with Gasteiger partial charge in [0.2, 0.25) is 0 Å². The van der Waals surface area contributed by atoms with E-state index in [0.29, 0.717) is 16.9 Å². The monoisotopic (exact) mass is 348 g/mol. The van der Waals surface area contributed by atoms with Gasteiger partial charge in [-0.2, -0.15) is 0 Å². The van der Waals surface area contributed by atoms with Gasteiger partial charge in [-0.15, -0.1) is 0 Å². The van der Waals surface area contributed by atoms with Crippen LogP contribution < -0.4 is 5.32 Å². The van der Waals surface area contributed by atoms with Gasteiger partial charge in [0.25, 0.3) is 15.0 Å². The van der Waals surface area contributed by atoms with Gasteiger partial charge < -0.3 is 0 Å². The average Bonchev–Trinajstić information content (AvgIpc) is 2.69. The van der Waals surface area contributed by atoms with Gasteiger partial charge in [0.1, 0.15) is 5.82 Å². The van der Waals surface area contributed by atoms with Gasteiger partial charge in [0.05, 0.1) is 11.3 Å². The molecule has 9 heteroatoms. The second-order valence-corrected chi connectivity index (χ2v) is 8.03. The zero-order chi connectivity index (χ0) is 15.8. The summed E-state index contributed by atoms with van der Waals surface area (Å²) in [6, 6.07) is 4.18. The smallest absolute Gasteiger partial charge is 0.272 e. The Hall–Kier alpha value is -1.51. The number of rotatable bonds is 3. The van der Waals surface area contributed by atoms with Gasteiger partial charge in [-0.25, -0.2) is 17.8 Å². The van der Waals surface area contributed by atoms with Crippen LogP contribution in [0, 0.1) is 19.7 Å². The first kappa shape index (κ1) is 15.9. The first-order valence-electron chi connectivity index (χ1n) is 5.68. The van der Waals surface area contributed by atoms with Crippen molar-refractivity contribution in [2.45, 2.75) is 18.1 Å². The summed E-state index contributed by atoms with van der Waals surface area (Å²) >= 11 is 0.713. The molecule has 0 unspecified atom stereocenters. The summed E-state index contributed by atoms with van der Waals surface area (Å²) in [5.74, 6) is -1.37. The zero-order valence-corrected chi connectivity index (χ0v) is 13.4. The molecule has 0 saturated heterocycles. The molecule has 0 aliphatic carbocycles. The number of nitrogens with zero attached hydrogens (tertiary/aromatic N) is 1. The number of benzene rings is 1. The lowest BCUT2D eigenvalue weighted by atomic mass is 10.1. The van der Waals surface area contributed by atoms with Crippen LogP contribution in [0.1, 0.15) is 21.6 Å². The Balaban J connectivity index is 2.28. The van der Waals surface area contributed by atoms with Crippen LogP contribution in [0.3, 0.4) is 0 Å². The van der Waals surface area contributed by atoms with Crippen molar-refractivity contribution >= 4 is 42.1 Å². The van der Waals surface area contributed by atoms with E-state index in [-0.39, 0.29) is 20.6 Å². The number of hydrogen-bond acceptors (Lipinski definition) is 5. The molecule has 2 rings (SSSR count). The summed E-state index contributed by atoms with van der Waals surface area (Å²) in [4.78, 5) is 15.8. The fraction of sp³-hybridized carbons (Fsp3) is 0.167. The number of anilines is 1. The highest BCUT2D eigenvalue weighted by Gasteiger charge is 2.21. The Morgan fingerprint density at radius 2 is 2.05 bits per heavy atom. The maximum atomic E-state index is 13.7. The van der Waals surface area contributed by atoms with Crippen molar-refractivity contribution in [2.75, 3.05) is 5.32 Å². The van der Waals surface area contributed by atoms with Crippen LogP contribution in [0.25, 0.3) is 0 Å². The molecule has 0 spiro atoms. The molecule has 2 aromatic rings. The number of amides is 1. The Labute approximate surface area is 129 Å². The first-order chi connectivity index (χ1) is 9.68. The summed E-state index contributed by atoms with van der Waals surface area (Å²) in [5, 5.41) is 2.40. The number of aromatic nitrogens is 1. The lowest BCUT2D eigenvalue weighted by Gasteiger charge is -2.03. The van der Waals surface area contributed by atoms with Gasteiger partial charge >= 0.3 is 0 Å². The van der Waals surface area contributed by atoms with Crippen LogP contribution in [0.15, 0.2) is 22.4 Å². The van der Waals surface area contributed by atoms with Gasteiger partial charge in [0.15, 0.2) is 9.34 Å². The van der Waals surface area contributed by atoms with E-state index < -0.39 is 20.8 Å². The largest absolute Gasteiger partial charge is 0.298 e. The molecule has 0 aliphatic rings. The minimum atomic E-state index is -3.92. The second kappa shape index (κ2) is 5.70. The molecular formula is C12H10ClFN2O3S2. The average molecular weight is 349 g/mol. The van der Waals surface area contributed by atoms with Crippen molar-refractivity contribution in [2.24, 2.45) is 0 Å².